The maximum atomic E-state index is 12.7. The molecule has 0 amide bonds. The first-order chi connectivity index (χ1) is 8.76. The zero-order chi connectivity index (χ0) is 13.2. The Kier molecular flexibility index (Phi) is 7.83. The standard InChI is InChI=1S/C13H21FO3Si/c1-15-18(16-2)17-11-5-3-4-6-12-7-9-13(14)10-8-12/h7-10,18H,3-6,11H2,1-2H3. The SMILES string of the molecule is CO[SiH](OC)OCCCCCc1ccc(F)cc1. The molecule has 1 aromatic rings. The van der Waals surface area contributed by atoms with Gasteiger partial charge in [-0.1, -0.05) is 18.6 Å². The Hall–Kier alpha value is -0.753. The molecule has 0 radical (unpaired) electrons. The summed E-state index contributed by atoms with van der Waals surface area (Å²) in [7, 11) is 1.36. The molecule has 0 aromatic heterocycles. The molecule has 0 bridgehead atoms. The van der Waals surface area contributed by atoms with Gasteiger partial charge in [0.05, 0.1) is 0 Å². The van der Waals surface area contributed by atoms with Crippen LogP contribution >= 0.6 is 0 Å². The Balaban J connectivity index is 2.03. The number of hydrogen-bond acceptors (Lipinski definition) is 3. The van der Waals surface area contributed by atoms with Gasteiger partial charge in [-0.2, -0.15) is 0 Å². The van der Waals surface area contributed by atoms with Crippen molar-refractivity contribution in [2.24, 2.45) is 0 Å². The van der Waals surface area contributed by atoms with Crippen LogP contribution in [0.4, 0.5) is 4.39 Å². The van der Waals surface area contributed by atoms with Gasteiger partial charge in [-0.25, -0.2) is 4.39 Å². The van der Waals surface area contributed by atoms with Crippen molar-refractivity contribution < 1.29 is 17.7 Å². The number of rotatable bonds is 9. The minimum atomic E-state index is -1.85. The van der Waals surface area contributed by atoms with Gasteiger partial charge >= 0.3 is 9.53 Å². The molecule has 0 atom stereocenters. The molecule has 0 unspecified atom stereocenters. The Morgan fingerprint density at radius 3 is 2.28 bits per heavy atom. The zero-order valence-corrected chi connectivity index (χ0v) is 12.2. The van der Waals surface area contributed by atoms with Crippen LogP contribution in [-0.4, -0.2) is 30.4 Å². The number of unbranched alkanes of at least 4 members (excludes halogenated alkanes) is 2. The summed E-state index contributed by atoms with van der Waals surface area (Å²) in [5.41, 5.74) is 1.18. The van der Waals surface area contributed by atoms with Crippen LogP contribution in [0.3, 0.4) is 0 Å². The summed E-state index contributed by atoms with van der Waals surface area (Å²) in [5, 5.41) is 0. The average molecular weight is 272 g/mol. The molecule has 1 aromatic carbocycles. The fourth-order valence-electron chi connectivity index (χ4n) is 1.67. The Morgan fingerprint density at radius 1 is 1.00 bits per heavy atom. The lowest BCUT2D eigenvalue weighted by molar-refractivity contribution is 0.133. The van der Waals surface area contributed by atoms with Crippen molar-refractivity contribution in [1.29, 1.82) is 0 Å². The van der Waals surface area contributed by atoms with Gasteiger partial charge in [-0.05, 0) is 37.0 Å². The highest BCUT2D eigenvalue weighted by atomic mass is 28.3. The number of halogens is 1. The minimum Gasteiger partial charge on any atom is -0.379 e. The van der Waals surface area contributed by atoms with Crippen molar-refractivity contribution in [1.82, 2.24) is 0 Å². The first kappa shape index (κ1) is 15.3. The molecule has 0 fully saturated rings. The lowest BCUT2D eigenvalue weighted by atomic mass is 10.1. The fourth-order valence-corrected chi connectivity index (χ4v) is 2.49. The second kappa shape index (κ2) is 9.21. The molecule has 18 heavy (non-hydrogen) atoms. The average Bonchev–Trinajstić information content (AvgIpc) is 2.40. The summed E-state index contributed by atoms with van der Waals surface area (Å²) < 4.78 is 28.2. The minimum absolute atomic E-state index is 0.178. The van der Waals surface area contributed by atoms with E-state index >= 15 is 0 Å². The quantitative estimate of drug-likeness (QED) is 0.511. The normalized spacial score (nSPS) is 11.1. The van der Waals surface area contributed by atoms with E-state index in [2.05, 4.69) is 0 Å². The summed E-state index contributed by atoms with van der Waals surface area (Å²) in [6.07, 6.45) is 4.15. The molecule has 0 saturated heterocycles. The molecule has 1 rings (SSSR count). The fraction of sp³-hybridized carbons (Fsp3) is 0.538. The van der Waals surface area contributed by atoms with E-state index < -0.39 is 9.53 Å². The number of aryl methyl sites for hydroxylation is 1. The maximum Gasteiger partial charge on any atom is 0.483 e. The molecule has 0 aliphatic heterocycles. The Bertz CT molecular complexity index is 315. The highest BCUT2D eigenvalue weighted by Gasteiger charge is 2.09. The number of hydrogen-bond donors (Lipinski definition) is 0. The van der Waals surface area contributed by atoms with E-state index in [4.69, 9.17) is 13.3 Å². The van der Waals surface area contributed by atoms with E-state index in [1.807, 2.05) is 12.1 Å². The second-order valence-electron chi connectivity index (χ2n) is 4.07. The largest absolute Gasteiger partial charge is 0.483 e. The lowest BCUT2D eigenvalue weighted by Gasteiger charge is -2.11. The van der Waals surface area contributed by atoms with Crippen molar-refractivity contribution in [2.75, 3.05) is 20.8 Å². The molecule has 0 aliphatic rings. The van der Waals surface area contributed by atoms with Gasteiger partial charge in [0.2, 0.25) is 0 Å². The highest BCUT2D eigenvalue weighted by molar-refractivity contribution is 6.36. The van der Waals surface area contributed by atoms with Crippen molar-refractivity contribution in [3.05, 3.63) is 35.6 Å². The van der Waals surface area contributed by atoms with Crippen LogP contribution in [0.1, 0.15) is 24.8 Å². The van der Waals surface area contributed by atoms with Crippen LogP contribution in [0.2, 0.25) is 0 Å². The van der Waals surface area contributed by atoms with Crippen LogP contribution in [0.15, 0.2) is 24.3 Å². The molecular weight excluding hydrogens is 251 g/mol. The van der Waals surface area contributed by atoms with Crippen LogP contribution < -0.4 is 0 Å². The van der Waals surface area contributed by atoms with Gasteiger partial charge in [0, 0.05) is 20.8 Å². The molecule has 0 N–H and O–H groups in total. The molecule has 102 valence electrons. The van der Waals surface area contributed by atoms with Crippen molar-refractivity contribution in [2.45, 2.75) is 25.7 Å². The van der Waals surface area contributed by atoms with Crippen molar-refractivity contribution in [3.8, 4) is 0 Å². The van der Waals surface area contributed by atoms with Gasteiger partial charge in [0.15, 0.2) is 0 Å². The van der Waals surface area contributed by atoms with Crippen LogP contribution in [0.5, 0.6) is 0 Å². The van der Waals surface area contributed by atoms with Gasteiger partial charge in [0.25, 0.3) is 0 Å². The van der Waals surface area contributed by atoms with Crippen molar-refractivity contribution in [3.63, 3.8) is 0 Å². The first-order valence-corrected chi connectivity index (χ1v) is 7.59. The lowest BCUT2D eigenvalue weighted by Crippen LogP contribution is -2.24. The van der Waals surface area contributed by atoms with E-state index in [1.54, 1.807) is 14.2 Å². The van der Waals surface area contributed by atoms with E-state index in [0.29, 0.717) is 6.61 Å². The summed E-state index contributed by atoms with van der Waals surface area (Å²) in [6, 6.07) is 6.69. The third-order valence-electron chi connectivity index (χ3n) is 2.66. The molecule has 3 nitrogen and oxygen atoms in total. The Morgan fingerprint density at radius 2 is 1.67 bits per heavy atom. The smallest absolute Gasteiger partial charge is 0.379 e. The van der Waals surface area contributed by atoms with E-state index in [-0.39, 0.29) is 5.82 Å². The van der Waals surface area contributed by atoms with Gasteiger partial charge < -0.3 is 13.3 Å². The van der Waals surface area contributed by atoms with Crippen LogP contribution in [-0.2, 0) is 19.7 Å². The topological polar surface area (TPSA) is 27.7 Å². The molecule has 0 heterocycles. The van der Waals surface area contributed by atoms with Gasteiger partial charge in [-0.3, -0.25) is 0 Å². The summed E-state index contributed by atoms with van der Waals surface area (Å²) >= 11 is 0. The van der Waals surface area contributed by atoms with Crippen LogP contribution in [0, 0.1) is 5.82 Å². The summed E-state index contributed by atoms with van der Waals surface area (Å²) in [4.78, 5) is 0. The molecule has 0 spiro atoms. The third-order valence-corrected chi connectivity index (χ3v) is 3.94. The van der Waals surface area contributed by atoms with E-state index in [0.717, 1.165) is 25.7 Å². The van der Waals surface area contributed by atoms with Crippen LogP contribution in [0.25, 0.3) is 0 Å². The molecule has 0 aliphatic carbocycles. The van der Waals surface area contributed by atoms with Gasteiger partial charge in [-0.15, -0.1) is 0 Å². The molecule has 5 heteroatoms. The second-order valence-corrected chi connectivity index (χ2v) is 5.92. The summed E-state index contributed by atoms with van der Waals surface area (Å²) in [5.74, 6) is -0.178. The molecular formula is C13H21FO3Si. The maximum absolute atomic E-state index is 12.7. The first-order valence-electron chi connectivity index (χ1n) is 6.18. The molecule has 0 saturated carbocycles. The predicted molar refractivity (Wildman–Crippen MR) is 71.1 cm³/mol. The number of benzene rings is 1. The monoisotopic (exact) mass is 272 g/mol. The predicted octanol–water partition coefficient (Wildman–Crippen LogP) is 2.57. The zero-order valence-electron chi connectivity index (χ0n) is 11.0. The summed E-state index contributed by atoms with van der Waals surface area (Å²) in [6.45, 7) is 0.683. The van der Waals surface area contributed by atoms with Crippen molar-refractivity contribution >= 4 is 9.53 Å². The van der Waals surface area contributed by atoms with E-state index in [1.165, 1.54) is 17.7 Å². The third kappa shape index (κ3) is 6.25. The van der Waals surface area contributed by atoms with Gasteiger partial charge in [0.1, 0.15) is 5.82 Å². The Labute approximate surface area is 110 Å². The highest BCUT2D eigenvalue weighted by Crippen LogP contribution is 2.08. The van der Waals surface area contributed by atoms with E-state index in [9.17, 15) is 4.39 Å².